The molecule has 1 aromatic carbocycles. The number of nitrogens with zero attached hydrogens (tertiary/aromatic N) is 1. The second-order valence-electron chi connectivity index (χ2n) is 4.92. The third kappa shape index (κ3) is 5.61. The van der Waals surface area contributed by atoms with Crippen LogP contribution in [0.3, 0.4) is 0 Å². The molecule has 1 heterocycles. The fraction of sp³-hybridized carbons (Fsp3) is 0.250. The molecule has 2 N–H and O–H groups in total. The summed E-state index contributed by atoms with van der Waals surface area (Å²) in [5, 5.41) is 5.33. The molecular weight excluding hydrogens is 307 g/mol. The highest BCUT2D eigenvalue weighted by Gasteiger charge is 2.29. The molecule has 0 spiro atoms. The first-order chi connectivity index (χ1) is 10.9. The lowest BCUT2D eigenvalue weighted by Crippen LogP contribution is -2.36. The Balaban J connectivity index is 1.71. The number of hydrogen-bond donors (Lipinski definition) is 2. The summed E-state index contributed by atoms with van der Waals surface area (Å²) in [5.41, 5.74) is 0.930. The Kier molecular flexibility index (Phi) is 5.56. The standard InChI is InChI=1S/C16H16F3N3O/c17-16(18,19)14-5-3-12(4-6-14)7-9-21-15(23)22-11-13-2-1-8-20-10-13/h1-6,8,10H,7,9,11H2,(H2,21,22,23). The zero-order valence-corrected chi connectivity index (χ0v) is 12.2. The zero-order chi connectivity index (χ0) is 16.7. The number of amides is 2. The van der Waals surface area contributed by atoms with Gasteiger partial charge in [-0.05, 0) is 35.7 Å². The summed E-state index contributed by atoms with van der Waals surface area (Å²) in [6.45, 7) is 0.699. The fourth-order valence-corrected chi connectivity index (χ4v) is 1.93. The van der Waals surface area contributed by atoms with E-state index in [2.05, 4.69) is 15.6 Å². The molecular formula is C16H16F3N3O. The summed E-state index contributed by atoms with van der Waals surface area (Å²) >= 11 is 0. The molecule has 122 valence electrons. The number of hydrogen-bond acceptors (Lipinski definition) is 2. The highest BCUT2D eigenvalue weighted by atomic mass is 19.4. The van der Waals surface area contributed by atoms with Crippen LogP contribution in [0.2, 0.25) is 0 Å². The molecule has 0 bridgehead atoms. The monoisotopic (exact) mass is 323 g/mol. The van der Waals surface area contributed by atoms with Gasteiger partial charge in [-0.1, -0.05) is 18.2 Å². The normalized spacial score (nSPS) is 11.1. The van der Waals surface area contributed by atoms with Gasteiger partial charge >= 0.3 is 12.2 Å². The van der Waals surface area contributed by atoms with Crippen molar-refractivity contribution < 1.29 is 18.0 Å². The molecule has 0 saturated heterocycles. The molecule has 0 atom stereocenters. The second-order valence-corrected chi connectivity index (χ2v) is 4.92. The number of aromatic nitrogens is 1. The Hall–Kier alpha value is -2.57. The van der Waals surface area contributed by atoms with E-state index in [4.69, 9.17) is 0 Å². The highest BCUT2D eigenvalue weighted by molar-refractivity contribution is 5.73. The van der Waals surface area contributed by atoms with E-state index < -0.39 is 11.7 Å². The maximum absolute atomic E-state index is 12.4. The summed E-state index contributed by atoms with van der Waals surface area (Å²) in [7, 11) is 0. The van der Waals surface area contributed by atoms with Gasteiger partial charge in [0.15, 0.2) is 0 Å². The fourth-order valence-electron chi connectivity index (χ4n) is 1.93. The van der Waals surface area contributed by atoms with Crippen molar-refractivity contribution in [2.75, 3.05) is 6.54 Å². The molecule has 0 saturated carbocycles. The van der Waals surface area contributed by atoms with Gasteiger partial charge in [0.25, 0.3) is 0 Å². The van der Waals surface area contributed by atoms with Crippen LogP contribution >= 0.6 is 0 Å². The predicted octanol–water partition coefficient (Wildman–Crippen LogP) is 3.14. The van der Waals surface area contributed by atoms with Crippen molar-refractivity contribution in [3.63, 3.8) is 0 Å². The average molecular weight is 323 g/mol. The van der Waals surface area contributed by atoms with E-state index in [1.54, 1.807) is 18.5 Å². The smallest absolute Gasteiger partial charge is 0.338 e. The van der Waals surface area contributed by atoms with E-state index in [0.717, 1.165) is 23.3 Å². The number of alkyl halides is 3. The van der Waals surface area contributed by atoms with Gasteiger partial charge in [-0.3, -0.25) is 4.98 Å². The molecule has 2 aromatic rings. The predicted molar refractivity (Wildman–Crippen MR) is 79.6 cm³/mol. The van der Waals surface area contributed by atoms with Crippen molar-refractivity contribution >= 4 is 6.03 Å². The molecule has 1 aromatic heterocycles. The lowest BCUT2D eigenvalue weighted by atomic mass is 10.1. The summed E-state index contributed by atoms with van der Waals surface area (Å²) in [5.74, 6) is 0. The highest BCUT2D eigenvalue weighted by Crippen LogP contribution is 2.29. The first-order valence-electron chi connectivity index (χ1n) is 7.02. The number of rotatable bonds is 5. The number of carbonyl (C=O) groups is 1. The van der Waals surface area contributed by atoms with Gasteiger partial charge < -0.3 is 10.6 Å². The second kappa shape index (κ2) is 7.62. The lowest BCUT2D eigenvalue weighted by molar-refractivity contribution is -0.137. The van der Waals surface area contributed by atoms with Crippen LogP contribution in [-0.2, 0) is 19.1 Å². The van der Waals surface area contributed by atoms with Crippen LogP contribution in [-0.4, -0.2) is 17.6 Å². The number of halogens is 3. The molecule has 2 amide bonds. The van der Waals surface area contributed by atoms with Gasteiger partial charge in [0.05, 0.1) is 5.56 Å². The van der Waals surface area contributed by atoms with Gasteiger partial charge in [0.2, 0.25) is 0 Å². The van der Waals surface area contributed by atoms with Gasteiger partial charge in [0, 0.05) is 25.5 Å². The third-order valence-electron chi connectivity index (χ3n) is 3.16. The van der Waals surface area contributed by atoms with Crippen LogP contribution in [0.4, 0.5) is 18.0 Å². The minimum absolute atomic E-state index is 0.333. The maximum Gasteiger partial charge on any atom is 0.416 e. The Morgan fingerprint density at radius 3 is 2.39 bits per heavy atom. The maximum atomic E-state index is 12.4. The third-order valence-corrected chi connectivity index (χ3v) is 3.16. The van der Waals surface area contributed by atoms with Gasteiger partial charge in [-0.25, -0.2) is 4.79 Å². The molecule has 0 radical (unpaired) electrons. The SMILES string of the molecule is O=C(NCCc1ccc(C(F)(F)F)cc1)NCc1cccnc1. The Bertz CT molecular complexity index is 627. The van der Waals surface area contributed by atoms with Crippen molar-refractivity contribution in [1.29, 1.82) is 0 Å². The van der Waals surface area contributed by atoms with Crippen LogP contribution in [0.15, 0.2) is 48.8 Å². The molecule has 0 unspecified atom stereocenters. The van der Waals surface area contributed by atoms with Crippen LogP contribution < -0.4 is 10.6 Å². The zero-order valence-electron chi connectivity index (χ0n) is 12.2. The van der Waals surface area contributed by atoms with Crippen molar-refractivity contribution in [2.45, 2.75) is 19.1 Å². The van der Waals surface area contributed by atoms with E-state index in [0.29, 0.717) is 19.5 Å². The molecule has 23 heavy (non-hydrogen) atoms. The molecule has 0 aliphatic carbocycles. The van der Waals surface area contributed by atoms with E-state index in [-0.39, 0.29) is 6.03 Å². The summed E-state index contributed by atoms with van der Waals surface area (Å²) in [6.07, 6.45) is -0.572. The van der Waals surface area contributed by atoms with Gasteiger partial charge in [-0.2, -0.15) is 13.2 Å². The van der Waals surface area contributed by atoms with E-state index in [1.165, 1.54) is 12.1 Å². The molecule has 2 rings (SSSR count). The van der Waals surface area contributed by atoms with Crippen molar-refractivity contribution in [1.82, 2.24) is 15.6 Å². The summed E-state index contributed by atoms with van der Waals surface area (Å²) < 4.78 is 37.3. The topological polar surface area (TPSA) is 54.0 Å². The lowest BCUT2D eigenvalue weighted by Gasteiger charge is -2.09. The molecule has 0 fully saturated rings. The summed E-state index contributed by atoms with van der Waals surface area (Å²) in [6, 6.07) is 8.20. The van der Waals surface area contributed by atoms with E-state index in [1.807, 2.05) is 6.07 Å². The first kappa shape index (κ1) is 16.8. The molecule has 7 heteroatoms. The van der Waals surface area contributed by atoms with E-state index >= 15 is 0 Å². The number of urea groups is 1. The van der Waals surface area contributed by atoms with Crippen molar-refractivity contribution in [2.24, 2.45) is 0 Å². The Morgan fingerprint density at radius 1 is 1.04 bits per heavy atom. The number of benzene rings is 1. The largest absolute Gasteiger partial charge is 0.416 e. The van der Waals surface area contributed by atoms with Crippen molar-refractivity contribution in [3.05, 3.63) is 65.5 Å². The van der Waals surface area contributed by atoms with Crippen LogP contribution in [0.5, 0.6) is 0 Å². The Labute approximate surface area is 131 Å². The van der Waals surface area contributed by atoms with Crippen molar-refractivity contribution in [3.8, 4) is 0 Å². The molecule has 0 aliphatic rings. The first-order valence-corrected chi connectivity index (χ1v) is 7.02. The van der Waals surface area contributed by atoms with Gasteiger partial charge in [-0.15, -0.1) is 0 Å². The summed E-state index contributed by atoms with van der Waals surface area (Å²) in [4.78, 5) is 15.5. The minimum atomic E-state index is -4.33. The average Bonchev–Trinajstić information content (AvgIpc) is 2.53. The number of nitrogens with one attached hydrogen (secondary N) is 2. The van der Waals surface area contributed by atoms with Crippen LogP contribution in [0.25, 0.3) is 0 Å². The van der Waals surface area contributed by atoms with Gasteiger partial charge in [0.1, 0.15) is 0 Å². The quantitative estimate of drug-likeness (QED) is 0.888. The van der Waals surface area contributed by atoms with Crippen LogP contribution in [0.1, 0.15) is 16.7 Å². The van der Waals surface area contributed by atoms with Crippen LogP contribution in [0, 0.1) is 0 Å². The number of carbonyl (C=O) groups excluding carboxylic acids is 1. The Morgan fingerprint density at radius 2 is 1.78 bits per heavy atom. The number of pyridine rings is 1. The minimum Gasteiger partial charge on any atom is -0.338 e. The molecule has 0 aliphatic heterocycles. The molecule has 4 nitrogen and oxygen atoms in total. The van der Waals surface area contributed by atoms with E-state index in [9.17, 15) is 18.0 Å².